The summed E-state index contributed by atoms with van der Waals surface area (Å²) in [6, 6.07) is 0.817. The molecule has 0 radical (unpaired) electrons. The van der Waals surface area contributed by atoms with Crippen molar-refractivity contribution in [2.24, 2.45) is 0 Å². The van der Waals surface area contributed by atoms with Gasteiger partial charge in [-0.05, 0) is 32.4 Å². The second-order valence-corrected chi connectivity index (χ2v) is 5.64. The maximum atomic E-state index is 5.74. The van der Waals surface area contributed by atoms with E-state index in [-0.39, 0.29) is 0 Å². The van der Waals surface area contributed by atoms with Crippen molar-refractivity contribution in [1.82, 2.24) is 15.1 Å². The molecule has 98 valence electrons. The standard InChI is InChI=1S/C13H25N3O/c1-3-13(17-8-1)11-15-4-2-5-16(7-6-15)12-9-14-10-12/h12-14H,1-11H2. The lowest BCUT2D eigenvalue weighted by Crippen LogP contribution is -2.57. The van der Waals surface area contributed by atoms with Gasteiger partial charge in [0.15, 0.2) is 0 Å². The molecule has 17 heavy (non-hydrogen) atoms. The number of rotatable bonds is 3. The summed E-state index contributed by atoms with van der Waals surface area (Å²) in [7, 11) is 0. The van der Waals surface area contributed by atoms with Gasteiger partial charge < -0.3 is 10.1 Å². The molecule has 4 heteroatoms. The summed E-state index contributed by atoms with van der Waals surface area (Å²) in [5.74, 6) is 0. The van der Waals surface area contributed by atoms with Gasteiger partial charge in [-0.15, -0.1) is 0 Å². The van der Waals surface area contributed by atoms with Crippen molar-refractivity contribution < 1.29 is 4.74 Å². The Kier molecular flexibility index (Phi) is 3.96. The quantitative estimate of drug-likeness (QED) is 0.758. The zero-order valence-electron chi connectivity index (χ0n) is 10.7. The highest BCUT2D eigenvalue weighted by atomic mass is 16.5. The van der Waals surface area contributed by atoms with Gasteiger partial charge in [-0.2, -0.15) is 0 Å². The molecule has 1 N–H and O–H groups in total. The van der Waals surface area contributed by atoms with Gasteiger partial charge in [0.05, 0.1) is 6.10 Å². The van der Waals surface area contributed by atoms with Gasteiger partial charge in [0.1, 0.15) is 0 Å². The van der Waals surface area contributed by atoms with E-state index in [0.717, 1.165) is 19.2 Å². The van der Waals surface area contributed by atoms with Gasteiger partial charge in [-0.1, -0.05) is 0 Å². The second-order valence-electron chi connectivity index (χ2n) is 5.64. The largest absolute Gasteiger partial charge is 0.377 e. The number of hydrogen-bond donors (Lipinski definition) is 1. The third-order valence-corrected chi connectivity index (χ3v) is 4.39. The first-order valence-corrected chi connectivity index (χ1v) is 7.20. The van der Waals surface area contributed by atoms with E-state index in [2.05, 4.69) is 15.1 Å². The number of nitrogens with one attached hydrogen (secondary N) is 1. The Morgan fingerprint density at radius 2 is 2.00 bits per heavy atom. The SMILES string of the molecule is C1COC(CN2CCCN(C3CNC3)CC2)C1. The van der Waals surface area contributed by atoms with Crippen LogP contribution < -0.4 is 5.32 Å². The molecule has 3 heterocycles. The minimum absolute atomic E-state index is 0.520. The van der Waals surface area contributed by atoms with Crippen LogP contribution >= 0.6 is 0 Å². The lowest BCUT2D eigenvalue weighted by Gasteiger charge is -2.37. The predicted molar refractivity (Wildman–Crippen MR) is 68.3 cm³/mol. The smallest absolute Gasteiger partial charge is 0.0702 e. The molecule has 0 spiro atoms. The van der Waals surface area contributed by atoms with Crippen LogP contribution in [-0.2, 0) is 4.74 Å². The van der Waals surface area contributed by atoms with E-state index >= 15 is 0 Å². The van der Waals surface area contributed by atoms with E-state index < -0.39 is 0 Å². The molecule has 0 bridgehead atoms. The Morgan fingerprint density at radius 1 is 1.06 bits per heavy atom. The van der Waals surface area contributed by atoms with E-state index in [9.17, 15) is 0 Å². The lowest BCUT2D eigenvalue weighted by atomic mass is 10.1. The molecular weight excluding hydrogens is 214 g/mol. The van der Waals surface area contributed by atoms with Crippen molar-refractivity contribution in [3.8, 4) is 0 Å². The van der Waals surface area contributed by atoms with E-state index in [4.69, 9.17) is 4.74 Å². The predicted octanol–water partition coefficient (Wildman–Crippen LogP) is 0.145. The Morgan fingerprint density at radius 3 is 2.71 bits per heavy atom. The highest BCUT2D eigenvalue weighted by Gasteiger charge is 2.27. The molecule has 0 amide bonds. The highest BCUT2D eigenvalue weighted by molar-refractivity contribution is 4.86. The molecule has 3 aliphatic rings. The number of nitrogens with zero attached hydrogens (tertiary/aromatic N) is 2. The van der Waals surface area contributed by atoms with Crippen LogP contribution in [0.3, 0.4) is 0 Å². The Hall–Kier alpha value is -0.160. The van der Waals surface area contributed by atoms with Crippen LogP contribution in [0.5, 0.6) is 0 Å². The zero-order valence-corrected chi connectivity index (χ0v) is 10.7. The van der Waals surface area contributed by atoms with E-state index in [1.165, 1.54) is 58.5 Å². The maximum Gasteiger partial charge on any atom is 0.0702 e. The van der Waals surface area contributed by atoms with Gasteiger partial charge in [0.2, 0.25) is 0 Å². The lowest BCUT2D eigenvalue weighted by molar-refractivity contribution is 0.0728. The molecule has 0 aromatic rings. The Bertz CT molecular complexity index is 239. The molecule has 4 nitrogen and oxygen atoms in total. The summed E-state index contributed by atoms with van der Waals surface area (Å²) in [5.41, 5.74) is 0. The van der Waals surface area contributed by atoms with Crippen LogP contribution in [0, 0.1) is 0 Å². The van der Waals surface area contributed by atoms with Gasteiger partial charge in [-0.3, -0.25) is 9.80 Å². The van der Waals surface area contributed by atoms with Crippen molar-refractivity contribution in [3.63, 3.8) is 0 Å². The van der Waals surface area contributed by atoms with Crippen molar-refractivity contribution in [2.45, 2.75) is 31.4 Å². The maximum absolute atomic E-state index is 5.74. The highest BCUT2D eigenvalue weighted by Crippen LogP contribution is 2.15. The third kappa shape index (κ3) is 2.99. The van der Waals surface area contributed by atoms with E-state index in [1.54, 1.807) is 0 Å². The monoisotopic (exact) mass is 239 g/mol. The molecule has 0 saturated carbocycles. The fraction of sp³-hybridized carbons (Fsp3) is 1.00. The topological polar surface area (TPSA) is 27.7 Å². The molecule has 3 fully saturated rings. The molecule has 1 atom stereocenters. The summed E-state index contributed by atoms with van der Waals surface area (Å²) in [5, 5.41) is 3.37. The van der Waals surface area contributed by atoms with Crippen molar-refractivity contribution in [2.75, 3.05) is 52.4 Å². The molecule has 0 aliphatic carbocycles. The fourth-order valence-corrected chi connectivity index (χ4v) is 3.15. The third-order valence-electron chi connectivity index (χ3n) is 4.39. The van der Waals surface area contributed by atoms with Crippen LogP contribution in [0.4, 0.5) is 0 Å². The van der Waals surface area contributed by atoms with E-state index in [1.807, 2.05) is 0 Å². The van der Waals surface area contributed by atoms with Crippen LogP contribution in [0.2, 0.25) is 0 Å². The molecule has 0 aromatic heterocycles. The first kappa shape index (κ1) is 11.9. The normalized spacial score (nSPS) is 33.5. The summed E-state index contributed by atoms with van der Waals surface area (Å²) in [6.45, 7) is 9.58. The summed E-state index contributed by atoms with van der Waals surface area (Å²) < 4.78 is 5.74. The summed E-state index contributed by atoms with van der Waals surface area (Å²) >= 11 is 0. The van der Waals surface area contributed by atoms with Crippen LogP contribution in [0.25, 0.3) is 0 Å². The molecule has 1 unspecified atom stereocenters. The summed E-state index contributed by atoms with van der Waals surface area (Å²) in [4.78, 5) is 5.29. The minimum atomic E-state index is 0.520. The average Bonchev–Trinajstić information content (AvgIpc) is 2.65. The van der Waals surface area contributed by atoms with Gasteiger partial charge in [0.25, 0.3) is 0 Å². The molecule has 3 rings (SSSR count). The molecule has 3 saturated heterocycles. The first-order chi connectivity index (χ1) is 8.42. The molecule has 0 aromatic carbocycles. The second kappa shape index (κ2) is 5.65. The number of hydrogen-bond acceptors (Lipinski definition) is 4. The van der Waals surface area contributed by atoms with Crippen molar-refractivity contribution >= 4 is 0 Å². The minimum Gasteiger partial charge on any atom is -0.377 e. The van der Waals surface area contributed by atoms with Crippen molar-refractivity contribution in [3.05, 3.63) is 0 Å². The fourth-order valence-electron chi connectivity index (χ4n) is 3.15. The first-order valence-electron chi connectivity index (χ1n) is 7.20. The zero-order chi connectivity index (χ0) is 11.5. The van der Waals surface area contributed by atoms with Gasteiger partial charge in [-0.25, -0.2) is 0 Å². The van der Waals surface area contributed by atoms with Gasteiger partial charge >= 0.3 is 0 Å². The van der Waals surface area contributed by atoms with Crippen LogP contribution in [-0.4, -0.2) is 74.4 Å². The van der Waals surface area contributed by atoms with Crippen LogP contribution in [0.15, 0.2) is 0 Å². The Labute approximate surface area is 104 Å². The van der Waals surface area contributed by atoms with Crippen LogP contribution in [0.1, 0.15) is 19.3 Å². The summed E-state index contributed by atoms with van der Waals surface area (Å²) in [6.07, 6.45) is 4.38. The van der Waals surface area contributed by atoms with Gasteiger partial charge in [0, 0.05) is 45.4 Å². The number of ether oxygens (including phenoxy) is 1. The Balaban J connectivity index is 1.44. The molecule has 3 aliphatic heterocycles. The van der Waals surface area contributed by atoms with Crippen molar-refractivity contribution in [1.29, 1.82) is 0 Å². The molecular formula is C13H25N3O. The average molecular weight is 239 g/mol. The van der Waals surface area contributed by atoms with E-state index in [0.29, 0.717) is 6.10 Å².